The fraction of sp³-hybridized carbons (Fsp3) is 0.233. The van der Waals surface area contributed by atoms with E-state index in [4.69, 9.17) is 16.3 Å². The number of aromatic nitrogens is 1. The smallest absolute Gasteiger partial charge is 0.255 e. The van der Waals surface area contributed by atoms with Gasteiger partial charge < -0.3 is 19.1 Å². The van der Waals surface area contributed by atoms with Gasteiger partial charge in [-0.1, -0.05) is 35.9 Å². The molecular weight excluding hydrogens is 489 g/mol. The van der Waals surface area contributed by atoms with Crippen LogP contribution in [0.15, 0.2) is 78.9 Å². The molecule has 0 saturated carbocycles. The minimum atomic E-state index is -0.309. The van der Waals surface area contributed by atoms with Gasteiger partial charge in [0.2, 0.25) is 0 Å². The number of para-hydroxylation sites is 3. The standard InChI is InChI=1S/C30H29ClFN3O2/c1-3-37-29-11-7-6-10-27(29)33-16-18-34(19-17-33)30(36)24-20-28(22-12-14-23(32)15-13-22)35(21(24)2)26-9-5-4-8-25(26)31/h4-15,20H,3,16-19H2,1-2H3. The van der Waals surface area contributed by atoms with Gasteiger partial charge in [0.25, 0.3) is 5.91 Å². The molecule has 0 spiro atoms. The number of hydrogen-bond donors (Lipinski definition) is 0. The predicted molar refractivity (Wildman–Crippen MR) is 147 cm³/mol. The molecule has 1 fully saturated rings. The fourth-order valence-electron chi connectivity index (χ4n) is 4.92. The van der Waals surface area contributed by atoms with Crippen LogP contribution in [0, 0.1) is 12.7 Å². The van der Waals surface area contributed by atoms with E-state index >= 15 is 0 Å². The molecule has 190 valence electrons. The lowest BCUT2D eigenvalue weighted by Crippen LogP contribution is -2.49. The zero-order valence-corrected chi connectivity index (χ0v) is 21.7. The van der Waals surface area contributed by atoms with E-state index in [9.17, 15) is 9.18 Å². The van der Waals surface area contributed by atoms with Crippen LogP contribution in [0.5, 0.6) is 5.75 Å². The highest BCUT2D eigenvalue weighted by Gasteiger charge is 2.28. The summed E-state index contributed by atoms with van der Waals surface area (Å²) in [4.78, 5) is 17.9. The van der Waals surface area contributed by atoms with E-state index in [0.717, 1.165) is 34.1 Å². The number of carbonyl (C=O) groups is 1. The first-order chi connectivity index (χ1) is 18.0. The van der Waals surface area contributed by atoms with Gasteiger partial charge in [-0.3, -0.25) is 4.79 Å². The van der Waals surface area contributed by atoms with E-state index in [1.165, 1.54) is 12.1 Å². The second-order valence-corrected chi connectivity index (χ2v) is 9.41. The van der Waals surface area contributed by atoms with Crippen LogP contribution in [-0.4, -0.2) is 48.2 Å². The second-order valence-electron chi connectivity index (χ2n) is 9.00. The van der Waals surface area contributed by atoms with Crippen molar-refractivity contribution >= 4 is 23.2 Å². The molecule has 4 aromatic rings. The Labute approximate surface area is 221 Å². The van der Waals surface area contributed by atoms with Crippen LogP contribution in [0.1, 0.15) is 23.0 Å². The van der Waals surface area contributed by atoms with Gasteiger partial charge in [-0.15, -0.1) is 0 Å². The number of carbonyl (C=O) groups excluding carboxylic acids is 1. The first kappa shape index (κ1) is 24.9. The number of amides is 1. The van der Waals surface area contributed by atoms with Crippen LogP contribution in [0.2, 0.25) is 5.02 Å². The molecule has 3 aromatic carbocycles. The Morgan fingerprint density at radius 3 is 2.24 bits per heavy atom. The second kappa shape index (κ2) is 10.7. The quantitative estimate of drug-likeness (QED) is 0.289. The molecule has 0 radical (unpaired) electrons. The Kier molecular flexibility index (Phi) is 7.19. The predicted octanol–water partition coefficient (Wildman–Crippen LogP) is 6.61. The van der Waals surface area contributed by atoms with Gasteiger partial charge in [-0.05, 0) is 74.0 Å². The summed E-state index contributed by atoms with van der Waals surface area (Å²) in [6, 6.07) is 23.7. The number of halogens is 2. The Hall–Kier alpha value is -3.77. The van der Waals surface area contributed by atoms with Crippen molar-refractivity contribution in [2.75, 3.05) is 37.7 Å². The molecule has 37 heavy (non-hydrogen) atoms. The lowest BCUT2D eigenvalue weighted by Gasteiger charge is -2.36. The zero-order valence-electron chi connectivity index (χ0n) is 21.0. The van der Waals surface area contributed by atoms with Crippen molar-refractivity contribution < 1.29 is 13.9 Å². The van der Waals surface area contributed by atoms with Crippen LogP contribution < -0.4 is 9.64 Å². The van der Waals surface area contributed by atoms with Gasteiger partial charge in [0.1, 0.15) is 11.6 Å². The maximum atomic E-state index is 13.8. The summed E-state index contributed by atoms with van der Waals surface area (Å²) in [5.74, 6) is 0.530. The summed E-state index contributed by atoms with van der Waals surface area (Å²) in [6.07, 6.45) is 0. The molecule has 1 saturated heterocycles. The van der Waals surface area contributed by atoms with Crippen molar-refractivity contribution in [1.82, 2.24) is 9.47 Å². The minimum absolute atomic E-state index is 0.0237. The van der Waals surface area contributed by atoms with Crippen LogP contribution >= 0.6 is 11.6 Å². The summed E-state index contributed by atoms with van der Waals surface area (Å²) in [6.45, 7) is 7.13. The molecule has 0 atom stereocenters. The van der Waals surface area contributed by atoms with E-state index in [2.05, 4.69) is 11.0 Å². The highest BCUT2D eigenvalue weighted by atomic mass is 35.5. The Morgan fingerprint density at radius 2 is 1.57 bits per heavy atom. The Balaban J connectivity index is 1.45. The molecule has 1 aromatic heterocycles. The zero-order chi connectivity index (χ0) is 25.9. The van der Waals surface area contributed by atoms with Crippen molar-refractivity contribution in [3.63, 3.8) is 0 Å². The van der Waals surface area contributed by atoms with E-state index in [1.54, 1.807) is 12.1 Å². The normalized spacial score (nSPS) is 13.6. The molecule has 0 N–H and O–H groups in total. The van der Waals surface area contributed by atoms with Gasteiger partial charge in [0.05, 0.1) is 34.3 Å². The van der Waals surface area contributed by atoms with Crippen molar-refractivity contribution in [2.24, 2.45) is 0 Å². The summed E-state index contributed by atoms with van der Waals surface area (Å²) >= 11 is 6.57. The van der Waals surface area contributed by atoms with Crippen LogP contribution in [-0.2, 0) is 0 Å². The van der Waals surface area contributed by atoms with Gasteiger partial charge in [-0.2, -0.15) is 0 Å². The first-order valence-electron chi connectivity index (χ1n) is 12.5. The van der Waals surface area contributed by atoms with Crippen LogP contribution in [0.4, 0.5) is 10.1 Å². The lowest BCUT2D eigenvalue weighted by atomic mass is 10.1. The minimum Gasteiger partial charge on any atom is -0.492 e. The highest BCUT2D eigenvalue weighted by Crippen LogP contribution is 2.34. The number of anilines is 1. The molecule has 1 amide bonds. The van der Waals surface area contributed by atoms with E-state index in [-0.39, 0.29) is 11.7 Å². The third kappa shape index (κ3) is 4.94. The van der Waals surface area contributed by atoms with E-state index in [0.29, 0.717) is 43.4 Å². The Bertz CT molecular complexity index is 1410. The maximum absolute atomic E-state index is 13.8. The average Bonchev–Trinajstić information content (AvgIpc) is 3.26. The van der Waals surface area contributed by atoms with E-state index < -0.39 is 0 Å². The lowest BCUT2D eigenvalue weighted by molar-refractivity contribution is 0.0746. The number of ether oxygens (including phenoxy) is 1. The monoisotopic (exact) mass is 517 g/mol. The molecule has 0 bridgehead atoms. The Morgan fingerprint density at radius 1 is 0.919 bits per heavy atom. The molecule has 1 aliphatic rings. The molecule has 1 aliphatic heterocycles. The van der Waals surface area contributed by atoms with Crippen molar-refractivity contribution in [1.29, 1.82) is 0 Å². The molecule has 7 heteroatoms. The fourth-order valence-corrected chi connectivity index (χ4v) is 5.14. The maximum Gasteiger partial charge on any atom is 0.255 e. The molecular formula is C30H29ClFN3O2. The summed E-state index contributed by atoms with van der Waals surface area (Å²) in [5, 5.41) is 0.574. The van der Waals surface area contributed by atoms with E-state index in [1.807, 2.05) is 71.8 Å². The van der Waals surface area contributed by atoms with Gasteiger partial charge in [0.15, 0.2) is 0 Å². The topological polar surface area (TPSA) is 37.7 Å². The molecule has 5 nitrogen and oxygen atoms in total. The van der Waals surface area contributed by atoms with Crippen molar-refractivity contribution in [3.8, 4) is 22.7 Å². The summed E-state index contributed by atoms with van der Waals surface area (Å²) < 4.78 is 21.5. The van der Waals surface area contributed by atoms with Crippen molar-refractivity contribution in [2.45, 2.75) is 13.8 Å². The number of piperazine rings is 1. The number of benzene rings is 3. The third-order valence-corrected chi connectivity index (χ3v) is 7.10. The van der Waals surface area contributed by atoms with Crippen LogP contribution in [0.25, 0.3) is 16.9 Å². The molecule has 0 unspecified atom stereocenters. The van der Waals surface area contributed by atoms with Gasteiger partial charge in [0, 0.05) is 31.9 Å². The van der Waals surface area contributed by atoms with Crippen LogP contribution in [0.3, 0.4) is 0 Å². The summed E-state index contributed by atoms with van der Waals surface area (Å²) in [7, 11) is 0. The SMILES string of the molecule is CCOc1ccccc1N1CCN(C(=O)c2cc(-c3ccc(F)cc3)n(-c3ccccc3Cl)c2C)CC1. The number of hydrogen-bond acceptors (Lipinski definition) is 3. The molecule has 0 aliphatic carbocycles. The first-order valence-corrected chi connectivity index (χ1v) is 12.8. The summed E-state index contributed by atoms with van der Waals surface area (Å²) in [5.41, 5.74) is 4.83. The molecule has 5 rings (SSSR count). The third-order valence-electron chi connectivity index (χ3n) is 6.78. The number of rotatable bonds is 6. The highest BCUT2D eigenvalue weighted by molar-refractivity contribution is 6.32. The average molecular weight is 518 g/mol. The van der Waals surface area contributed by atoms with Gasteiger partial charge in [-0.25, -0.2) is 4.39 Å². The number of nitrogens with zero attached hydrogens (tertiary/aromatic N) is 3. The van der Waals surface area contributed by atoms with Gasteiger partial charge >= 0.3 is 0 Å². The molecule has 2 heterocycles. The van der Waals surface area contributed by atoms with Crippen molar-refractivity contribution in [3.05, 3.63) is 101 Å². The largest absolute Gasteiger partial charge is 0.492 e.